The lowest BCUT2D eigenvalue weighted by molar-refractivity contribution is -0.689. The summed E-state index contributed by atoms with van der Waals surface area (Å²) >= 11 is 0. The highest BCUT2D eigenvalue weighted by atomic mass is 16.5. The van der Waals surface area contributed by atoms with Gasteiger partial charge in [0, 0.05) is 60.4 Å². The van der Waals surface area contributed by atoms with Crippen LogP contribution < -0.4 is 28.1 Å². The normalized spacial score (nSPS) is 13.1. The van der Waals surface area contributed by atoms with E-state index in [9.17, 15) is 0 Å². The summed E-state index contributed by atoms with van der Waals surface area (Å²) in [5, 5.41) is 0. The van der Waals surface area contributed by atoms with E-state index in [2.05, 4.69) is 83.9 Å². The van der Waals surface area contributed by atoms with Crippen LogP contribution in [0.1, 0.15) is 44.5 Å². The highest BCUT2D eigenvalue weighted by Crippen LogP contribution is 2.43. The zero-order chi connectivity index (χ0) is 33.4. The minimum Gasteiger partial charge on any atom is -0.497 e. The van der Waals surface area contributed by atoms with Gasteiger partial charge in [-0.2, -0.15) is 9.13 Å². The SMILES string of the molecule is COc1ccc(/C=C/c2cc[n+]3c(c2)-c2c(c(C)c(C)c4c2-c2cc(/C=C/c5ccc(OC)cc5OC)cc[n+]2CC4)CC3)c(OC)c1. The van der Waals surface area contributed by atoms with Crippen molar-refractivity contribution >= 4 is 24.3 Å². The molecule has 0 amide bonds. The molecule has 242 valence electrons. The van der Waals surface area contributed by atoms with Crippen LogP contribution in [-0.4, -0.2) is 28.4 Å². The molecule has 48 heavy (non-hydrogen) atoms. The molecule has 0 saturated carbocycles. The van der Waals surface area contributed by atoms with E-state index < -0.39 is 0 Å². The van der Waals surface area contributed by atoms with Crippen molar-refractivity contribution in [1.29, 1.82) is 0 Å². The second kappa shape index (κ2) is 13.0. The van der Waals surface area contributed by atoms with Crippen molar-refractivity contribution in [3.05, 3.63) is 118 Å². The second-order valence-electron chi connectivity index (χ2n) is 12.4. The Morgan fingerprint density at radius 1 is 0.521 bits per heavy atom. The van der Waals surface area contributed by atoms with E-state index in [-0.39, 0.29) is 0 Å². The predicted molar refractivity (Wildman–Crippen MR) is 192 cm³/mol. The first-order chi connectivity index (χ1) is 23.4. The van der Waals surface area contributed by atoms with E-state index in [0.29, 0.717) is 0 Å². The van der Waals surface area contributed by atoms with Gasteiger partial charge in [-0.15, -0.1) is 0 Å². The number of aromatic nitrogens is 2. The second-order valence-corrected chi connectivity index (χ2v) is 12.4. The third-order valence-electron chi connectivity index (χ3n) is 9.95. The maximum Gasteiger partial charge on any atom is 0.214 e. The summed E-state index contributed by atoms with van der Waals surface area (Å²) in [5.41, 5.74) is 15.3. The summed E-state index contributed by atoms with van der Waals surface area (Å²) in [6.45, 7) is 6.55. The zero-order valence-corrected chi connectivity index (χ0v) is 28.6. The fourth-order valence-corrected chi connectivity index (χ4v) is 7.19. The lowest BCUT2D eigenvalue weighted by Crippen LogP contribution is -2.43. The third-order valence-corrected chi connectivity index (χ3v) is 9.95. The molecule has 2 aliphatic rings. The molecule has 0 unspecified atom stereocenters. The largest absolute Gasteiger partial charge is 0.497 e. The molecule has 6 heteroatoms. The van der Waals surface area contributed by atoms with Crippen molar-refractivity contribution < 1.29 is 28.1 Å². The summed E-state index contributed by atoms with van der Waals surface area (Å²) < 4.78 is 26.9. The molecule has 0 radical (unpaired) electrons. The van der Waals surface area contributed by atoms with Gasteiger partial charge in [-0.25, -0.2) is 0 Å². The molecule has 0 N–H and O–H groups in total. The van der Waals surface area contributed by atoms with Gasteiger partial charge in [0.25, 0.3) is 0 Å². The van der Waals surface area contributed by atoms with Crippen molar-refractivity contribution in [3.8, 4) is 45.5 Å². The Balaban J connectivity index is 1.33. The zero-order valence-electron chi connectivity index (χ0n) is 28.6. The quantitative estimate of drug-likeness (QED) is 0.164. The molecular formula is C42H42N2O4+2. The van der Waals surface area contributed by atoms with Crippen molar-refractivity contribution in [2.45, 2.75) is 39.8 Å². The monoisotopic (exact) mass is 638 g/mol. The molecule has 2 aromatic heterocycles. The number of pyridine rings is 2. The highest BCUT2D eigenvalue weighted by Gasteiger charge is 2.36. The van der Waals surface area contributed by atoms with Gasteiger partial charge in [0.1, 0.15) is 23.0 Å². The molecule has 0 saturated heterocycles. The summed E-state index contributed by atoms with van der Waals surface area (Å²) in [4.78, 5) is 0. The van der Waals surface area contributed by atoms with E-state index in [4.69, 9.17) is 18.9 Å². The van der Waals surface area contributed by atoms with Crippen LogP contribution in [0, 0.1) is 13.8 Å². The van der Waals surface area contributed by atoms with E-state index in [1.54, 1.807) is 28.4 Å². The van der Waals surface area contributed by atoms with Crippen molar-refractivity contribution in [3.63, 3.8) is 0 Å². The number of benzene rings is 3. The summed E-state index contributed by atoms with van der Waals surface area (Å²) in [6.07, 6.45) is 15.1. The van der Waals surface area contributed by atoms with Crippen LogP contribution in [0.4, 0.5) is 0 Å². The van der Waals surface area contributed by atoms with Crippen molar-refractivity contribution in [2.75, 3.05) is 28.4 Å². The summed E-state index contributed by atoms with van der Waals surface area (Å²) in [5.74, 6) is 3.12. The van der Waals surface area contributed by atoms with Gasteiger partial charge in [0.15, 0.2) is 25.5 Å². The van der Waals surface area contributed by atoms with E-state index in [0.717, 1.165) is 71.2 Å². The molecular weight excluding hydrogens is 596 g/mol. The molecule has 0 aliphatic carbocycles. The molecule has 2 aliphatic heterocycles. The molecule has 5 aromatic rings. The maximum atomic E-state index is 5.65. The molecule has 7 rings (SSSR count). The Morgan fingerprint density at radius 2 is 0.958 bits per heavy atom. The fourth-order valence-electron chi connectivity index (χ4n) is 7.19. The number of hydrogen-bond donors (Lipinski definition) is 0. The van der Waals surface area contributed by atoms with Crippen LogP contribution in [-0.2, 0) is 25.9 Å². The summed E-state index contributed by atoms with van der Waals surface area (Å²) in [6, 6.07) is 20.9. The van der Waals surface area contributed by atoms with Gasteiger partial charge >= 0.3 is 0 Å². The Hall–Kier alpha value is -5.36. The minimum atomic E-state index is 0.776. The smallest absolute Gasteiger partial charge is 0.214 e. The van der Waals surface area contributed by atoms with E-state index >= 15 is 0 Å². The predicted octanol–water partition coefficient (Wildman–Crippen LogP) is 7.70. The topological polar surface area (TPSA) is 44.7 Å². The van der Waals surface area contributed by atoms with Gasteiger partial charge < -0.3 is 18.9 Å². The van der Waals surface area contributed by atoms with Crippen LogP contribution in [0.15, 0.2) is 73.1 Å². The lowest BCUT2D eigenvalue weighted by atomic mass is 9.79. The van der Waals surface area contributed by atoms with Gasteiger partial charge in [-0.05, 0) is 71.5 Å². The first kappa shape index (κ1) is 31.3. The average Bonchev–Trinajstić information content (AvgIpc) is 3.14. The Kier molecular flexibility index (Phi) is 8.49. The number of hydrogen-bond acceptors (Lipinski definition) is 4. The van der Waals surface area contributed by atoms with Gasteiger partial charge in [0.05, 0.1) is 39.6 Å². The third kappa shape index (κ3) is 5.62. The van der Waals surface area contributed by atoms with Crippen molar-refractivity contribution in [1.82, 2.24) is 0 Å². The number of rotatable bonds is 8. The van der Waals surface area contributed by atoms with Crippen LogP contribution in [0.3, 0.4) is 0 Å². The van der Waals surface area contributed by atoms with Crippen molar-refractivity contribution in [2.24, 2.45) is 0 Å². The Bertz CT molecular complexity index is 1960. The highest BCUT2D eigenvalue weighted by molar-refractivity contribution is 5.88. The van der Waals surface area contributed by atoms with Crippen LogP contribution >= 0.6 is 0 Å². The summed E-state index contributed by atoms with van der Waals surface area (Å²) in [7, 11) is 6.73. The molecule has 0 fully saturated rings. The molecule has 0 bridgehead atoms. The van der Waals surface area contributed by atoms with Crippen LogP contribution in [0.25, 0.3) is 46.8 Å². The number of methoxy groups -OCH3 is 4. The lowest BCUT2D eigenvalue weighted by Gasteiger charge is -2.27. The first-order valence-electron chi connectivity index (χ1n) is 16.4. The standard InChI is InChI=1S/C42H42N2O4/c1-27-28(2)36-18-22-44-20-16-30(8-10-32-12-14-34(46-4)26-40(32)48-6)24-38(44)42(36)41-35(27)17-21-43-19-15-29(23-37(41)43)7-9-31-11-13-33(45-3)25-39(31)47-5/h7-16,19-20,23-26H,17-18,21-22H2,1-6H3/q+2/b9-7+,10-8+. The Labute approximate surface area is 283 Å². The number of nitrogens with zero attached hydrogens (tertiary/aromatic N) is 2. The minimum absolute atomic E-state index is 0.776. The van der Waals surface area contributed by atoms with Gasteiger partial charge in [0.2, 0.25) is 11.4 Å². The fraction of sp³-hybridized carbons (Fsp3) is 0.238. The number of ether oxygens (including phenoxy) is 4. The molecule has 0 spiro atoms. The number of fused-ring (bicyclic) bond motifs is 7. The molecule has 3 aromatic carbocycles. The van der Waals surface area contributed by atoms with Crippen LogP contribution in [0.2, 0.25) is 0 Å². The number of aryl methyl sites for hydroxylation is 2. The molecule has 4 heterocycles. The average molecular weight is 639 g/mol. The molecule has 0 atom stereocenters. The van der Waals surface area contributed by atoms with Gasteiger partial charge in [-0.1, -0.05) is 24.3 Å². The first-order valence-corrected chi connectivity index (χ1v) is 16.4. The van der Waals surface area contributed by atoms with E-state index in [1.165, 1.54) is 44.8 Å². The van der Waals surface area contributed by atoms with Gasteiger partial charge in [-0.3, -0.25) is 0 Å². The van der Waals surface area contributed by atoms with Crippen LogP contribution in [0.5, 0.6) is 23.0 Å². The molecule has 6 nitrogen and oxygen atoms in total. The maximum absolute atomic E-state index is 5.65. The Morgan fingerprint density at radius 3 is 1.35 bits per heavy atom. The van der Waals surface area contributed by atoms with E-state index in [1.807, 2.05) is 36.4 Å².